The van der Waals surface area contributed by atoms with Gasteiger partial charge in [-0.3, -0.25) is 9.80 Å². The van der Waals surface area contributed by atoms with Gasteiger partial charge in [-0.25, -0.2) is 5.84 Å². The van der Waals surface area contributed by atoms with Crippen molar-refractivity contribution < 1.29 is 4.79 Å². The molecule has 1 aliphatic heterocycles. The Morgan fingerprint density at radius 2 is 2.44 bits per heavy atom. The van der Waals surface area contributed by atoms with Crippen LogP contribution in [0.2, 0.25) is 0 Å². The minimum atomic E-state index is 0.0775. The smallest absolute Gasteiger partial charge is 0.236 e. The summed E-state index contributed by atoms with van der Waals surface area (Å²) >= 11 is 0. The fourth-order valence-electron chi connectivity index (χ4n) is 1.00. The van der Waals surface area contributed by atoms with Crippen molar-refractivity contribution in [2.75, 3.05) is 6.54 Å². The van der Waals surface area contributed by atoms with Crippen molar-refractivity contribution in [2.24, 2.45) is 11.8 Å². The van der Waals surface area contributed by atoms with Crippen molar-refractivity contribution in [3.05, 3.63) is 0 Å². The maximum Gasteiger partial charge on any atom is 0.236 e. The van der Waals surface area contributed by atoms with Gasteiger partial charge in [-0.2, -0.15) is 0 Å². The molecule has 1 atom stereocenters. The Labute approximate surface area is 54.8 Å². The van der Waals surface area contributed by atoms with E-state index in [2.05, 4.69) is 6.92 Å². The second-order valence-electron chi connectivity index (χ2n) is 2.69. The average Bonchev–Trinajstić information content (AvgIpc) is 1.80. The molecule has 1 unspecified atom stereocenters. The quantitative estimate of drug-likeness (QED) is 0.372. The maximum absolute atomic E-state index is 10.8. The van der Waals surface area contributed by atoms with E-state index in [4.69, 9.17) is 5.84 Å². The summed E-state index contributed by atoms with van der Waals surface area (Å²) in [6, 6.07) is 0. The predicted molar refractivity (Wildman–Crippen MR) is 34.3 cm³/mol. The van der Waals surface area contributed by atoms with E-state index < -0.39 is 0 Å². The first-order valence-corrected chi connectivity index (χ1v) is 3.25. The number of rotatable bonds is 0. The van der Waals surface area contributed by atoms with Gasteiger partial charge in [0.05, 0.1) is 0 Å². The summed E-state index contributed by atoms with van der Waals surface area (Å²) in [5.74, 6) is 5.93. The van der Waals surface area contributed by atoms with Gasteiger partial charge in [0.1, 0.15) is 0 Å². The van der Waals surface area contributed by atoms with E-state index in [9.17, 15) is 4.79 Å². The number of carbonyl (C=O) groups is 1. The summed E-state index contributed by atoms with van der Waals surface area (Å²) in [5.41, 5.74) is 0. The number of hydrazine groups is 1. The van der Waals surface area contributed by atoms with Gasteiger partial charge in [0.25, 0.3) is 0 Å². The lowest BCUT2D eigenvalue weighted by atomic mass is 10.00. The molecule has 9 heavy (non-hydrogen) atoms. The van der Waals surface area contributed by atoms with Crippen LogP contribution in [0.4, 0.5) is 0 Å². The average molecular weight is 128 g/mol. The molecule has 0 spiro atoms. The molecule has 1 amide bonds. The summed E-state index contributed by atoms with van der Waals surface area (Å²) in [4.78, 5) is 10.8. The van der Waals surface area contributed by atoms with Gasteiger partial charge < -0.3 is 0 Å². The van der Waals surface area contributed by atoms with Gasteiger partial charge in [0.15, 0.2) is 0 Å². The van der Waals surface area contributed by atoms with Gasteiger partial charge in [0, 0.05) is 13.0 Å². The fraction of sp³-hybridized carbons (Fsp3) is 0.833. The van der Waals surface area contributed by atoms with E-state index in [1.165, 1.54) is 5.01 Å². The van der Waals surface area contributed by atoms with Gasteiger partial charge in [-0.1, -0.05) is 6.92 Å². The Hall–Kier alpha value is -0.570. The first kappa shape index (κ1) is 6.55. The normalized spacial score (nSPS) is 28.9. The van der Waals surface area contributed by atoms with Crippen LogP contribution in [0.5, 0.6) is 0 Å². The molecule has 0 radical (unpaired) electrons. The van der Waals surface area contributed by atoms with Crippen LogP contribution in [0.25, 0.3) is 0 Å². The van der Waals surface area contributed by atoms with Crippen molar-refractivity contribution in [1.82, 2.24) is 5.01 Å². The molecule has 2 N–H and O–H groups in total. The molecule has 1 fully saturated rings. The fourth-order valence-corrected chi connectivity index (χ4v) is 1.00. The van der Waals surface area contributed by atoms with Crippen LogP contribution in [0, 0.1) is 5.92 Å². The number of nitrogens with two attached hydrogens (primary N) is 1. The second-order valence-corrected chi connectivity index (χ2v) is 2.69. The zero-order valence-electron chi connectivity index (χ0n) is 5.63. The van der Waals surface area contributed by atoms with E-state index in [0.29, 0.717) is 12.3 Å². The van der Waals surface area contributed by atoms with Crippen LogP contribution in [-0.2, 0) is 4.79 Å². The monoisotopic (exact) mass is 128 g/mol. The third-order valence-corrected chi connectivity index (χ3v) is 1.71. The summed E-state index contributed by atoms with van der Waals surface area (Å²) < 4.78 is 0. The molecule has 0 aromatic rings. The van der Waals surface area contributed by atoms with E-state index in [1.54, 1.807) is 0 Å². The molecular weight excluding hydrogens is 116 g/mol. The number of nitrogens with zero attached hydrogens (tertiary/aromatic N) is 1. The van der Waals surface area contributed by atoms with E-state index in [0.717, 1.165) is 13.0 Å². The third kappa shape index (κ3) is 1.42. The van der Waals surface area contributed by atoms with Crippen LogP contribution in [0.1, 0.15) is 19.8 Å². The molecule has 52 valence electrons. The number of piperidine rings is 1. The van der Waals surface area contributed by atoms with Crippen molar-refractivity contribution in [3.8, 4) is 0 Å². The SMILES string of the molecule is CC1CCN(N)C(=O)C1. The lowest BCUT2D eigenvalue weighted by Crippen LogP contribution is -2.42. The largest absolute Gasteiger partial charge is 0.281 e. The highest BCUT2D eigenvalue weighted by atomic mass is 16.2. The summed E-state index contributed by atoms with van der Waals surface area (Å²) in [6.45, 7) is 2.80. The topological polar surface area (TPSA) is 46.3 Å². The maximum atomic E-state index is 10.8. The highest BCUT2D eigenvalue weighted by molar-refractivity contribution is 5.76. The lowest BCUT2D eigenvalue weighted by molar-refractivity contribution is -0.135. The van der Waals surface area contributed by atoms with Crippen molar-refractivity contribution >= 4 is 5.91 Å². The van der Waals surface area contributed by atoms with Gasteiger partial charge in [-0.15, -0.1) is 0 Å². The Bertz CT molecular complexity index is 124. The van der Waals surface area contributed by atoms with E-state index in [1.807, 2.05) is 0 Å². The summed E-state index contributed by atoms with van der Waals surface area (Å²) in [5, 5.41) is 1.31. The molecule has 1 heterocycles. The highest BCUT2D eigenvalue weighted by Gasteiger charge is 2.19. The molecule has 0 saturated carbocycles. The van der Waals surface area contributed by atoms with Crippen LogP contribution in [0.3, 0.4) is 0 Å². The van der Waals surface area contributed by atoms with Crippen molar-refractivity contribution in [3.63, 3.8) is 0 Å². The number of hydrogen-bond acceptors (Lipinski definition) is 2. The third-order valence-electron chi connectivity index (χ3n) is 1.71. The van der Waals surface area contributed by atoms with E-state index >= 15 is 0 Å². The standard InChI is InChI=1S/C6H12N2O/c1-5-2-3-8(7)6(9)4-5/h5H,2-4,7H2,1H3. The molecule has 0 bridgehead atoms. The Morgan fingerprint density at radius 1 is 1.78 bits per heavy atom. The number of carbonyl (C=O) groups excluding carboxylic acids is 1. The van der Waals surface area contributed by atoms with Crippen molar-refractivity contribution in [1.29, 1.82) is 0 Å². The molecule has 0 aliphatic carbocycles. The Kier molecular flexibility index (Phi) is 1.71. The predicted octanol–water partition coefficient (Wildman–Crippen LogP) is 0.119. The summed E-state index contributed by atoms with van der Waals surface area (Å²) in [7, 11) is 0. The summed E-state index contributed by atoms with van der Waals surface area (Å²) in [6.07, 6.45) is 1.67. The Morgan fingerprint density at radius 3 is 2.89 bits per heavy atom. The number of amides is 1. The van der Waals surface area contributed by atoms with Crippen LogP contribution >= 0.6 is 0 Å². The molecule has 0 aromatic carbocycles. The van der Waals surface area contributed by atoms with Gasteiger partial charge in [0.2, 0.25) is 5.91 Å². The van der Waals surface area contributed by atoms with Crippen LogP contribution in [0.15, 0.2) is 0 Å². The van der Waals surface area contributed by atoms with Crippen molar-refractivity contribution in [2.45, 2.75) is 19.8 Å². The second kappa shape index (κ2) is 2.35. The Balaban J connectivity index is 2.44. The lowest BCUT2D eigenvalue weighted by Gasteiger charge is -2.25. The minimum absolute atomic E-state index is 0.0775. The first-order chi connectivity index (χ1) is 4.20. The zero-order chi connectivity index (χ0) is 6.85. The molecule has 1 saturated heterocycles. The minimum Gasteiger partial charge on any atom is -0.281 e. The van der Waals surface area contributed by atoms with Crippen LogP contribution in [-0.4, -0.2) is 17.5 Å². The highest BCUT2D eigenvalue weighted by Crippen LogP contribution is 2.13. The molecule has 1 rings (SSSR count). The molecule has 0 aromatic heterocycles. The van der Waals surface area contributed by atoms with Crippen LogP contribution < -0.4 is 5.84 Å². The number of hydrogen-bond donors (Lipinski definition) is 1. The molecule has 3 nitrogen and oxygen atoms in total. The van der Waals surface area contributed by atoms with Gasteiger partial charge >= 0.3 is 0 Å². The first-order valence-electron chi connectivity index (χ1n) is 3.25. The molecule has 1 aliphatic rings. The molecule has 3 heteroatoms. The van der Waals surface area contributed by atoms with E-state index in [-0.39, 0.29) is 5.91 Å². The molecular formula is C6H12N2O. The zero-order valence-corrected chi connectivity index (χ0v) is 5.63. The van der Waals surface area contributed by atoms with Gasteiger partial charge in [-0.05, 0) is 12.3 Å².